The summed E-state index contributed by atoms with van der Waals surface area (Å²) in [7, 11) is -4.79. The third kappa shape index (κ3) is 10.3. The lowest BCUT2D eigenvalue weighted by Crippen LogP contribution is -2.35. The second-order valence-electron chi connectivity index (χ2n) is 5.11. The van der Waals surface area contributed by atoms with E-state index in [-0.39, 0.29) is 26.1 Å². The molecule has 0 atom stereocenters. The van der Waals surface area contributed by atoms with Gasteiger partial charge in [0.25, 0.3) is 0 Å². The molecular weight excluding hydrogens is 339 g/mol. The first-order chi connectivity index (χ1) is 11.2. The maximum absolute atomic E-state index is 11.3. The van der Waals surface area contributed by atoms with Gasteiger partial charge in [0.1, 0.15) is 0 Å². The molecule has 138 valence electrons. The van der Waals surface area contributed by atoms with Crippen molar-refractivity contribution in [3.63, 3.8) is 0 Å². The van der Waals surface area contributed by atoms with Crippen molar-refractivity contribution < 1.29 is 37.9 Å². The fourth-order valence-corrected chi connectivity index (χ4v) is 2.83. The van der Waals surface area contributed by atoms with Crippen molar-refractivity contribution in [1.29, 1.82) is 0 Å². The first kappa shape index (κ1) is 22.5. The van der Waals surface area contributed by atoms with Crippen molar-refractivity contribution in [2.75, 3.05) is 13.2 Å². The van der Waals surface area contributed by atoms with Gasteiger partial charge in [0, 0.05) is 25.0 Å². The van der Waals surface area contributed by atoms with Crippen LogP contribution in [0.25, 0.3) is 0 Å². The number of carbonyl (C=O) groups excluding carboxylic acids is 2. The van der Waals surface area contributed by atoms with Crippen molar-refractivity contribution in [2.24, 2.45) is 0 Å². The number of unbranched alkanes of at least 4 members (excludes halogenated alkanes) is 1. The molecule has 0 aromatic heterocycles. The Labute approximate surface area is 141 Å². The normalized spacial score (nSPS) is 11.6. The predicted octanol–water partition coefficient (Wildman–Crippen LogP) is 2.26. The summed E-state index contributed by atoms with van der Waals surface area (Å²) in [6.45, 7) is 8.23. The lowest BCUT2D eigenvalue weighted by Gasteiger charge is -2.33. The number of esters is 2. The second kappa shape index (κ2) is 11.1. The molecule has 0 aromatic rings. The first-order valence-electron chi connectivity index (χ1n) is 7.52. The summed E-state index contributed by atoms with van der Waals surface area (Å²) in [5.41, 5.74) is -1.28. The number of phosphoric acid groups is 1. The lowest BCUT2D eigenvalue weighted by atomic mass is 9.90. The molecule has 0 fully saturated rings. The fourth-order valence-electron chi connectivity index (χ4n) is 2.06. The Morgan fingerprint density at radius 1 is 1.04 bits per heavy atom. The molecule has 0 aliphatic carbocycles. The van der Waals surface area contributed by atoms with Crippen molar-refractivity contribution in [3.8, 4) is 0 Å². The van der Waals surface area contributed by atoms with E-state index in [0.29, 0.717) is 12.8 Å². The van der Waals surface area contributed by atoms with Crippen LogP contribution in [0, 0.1) is 0 Å². The molecular formula is C15H25O8P. The van der Waals surface area contributed by atoms with E-state index < -0.39 is 25.4 Å². The highest BCUT2D eigenvalue weighted by molar-refractivity contribution is 7.46. The maximum Gasteiger partial charge on any atom is 0.470 e. The molecule has 2 N–H and O–H groups in total. The molecule has 9 heteroatoms. The Bertz CT molecular complexity index is 456. The molecule has 8 nitrogen and oxygen atoms in total. The number of hydrogen-bond donors (Lipinski definition) is 2. The summed E-state index contributed by atoms with van der Waals surface area (Å²) >= 11 is 0. The number of hydrogen-bond acceptors (Lipinski definition) is 6. The molecule has 0 aliphatic heterocycles. The molecule has 0 bridgehead atoms. The average molecular weight is 364 g/mol. The molecule has 0 amide bonds. The molecule has 0 saturated carbocycles. The number of carbonyl (C=O) groups is 2. The molecule has 0 spiro atoms. The van der Waals surface area contributed by atoms with Crippen molar-refractivity contribution >= 4 is 19.8 Å². The van der Waals surface area contributed by atoms with Crippen LogP contribution in [0.15, 0.2) is 25.3 Å². The van der Waals surface area contributed by atoms with Gasteiger partial charge in [-0.25, -0.2) is 14.2 Å². The van der Waals surface area contributed by atoms with Gasteiger partial charge in [-0.2, -0.15) is 0 Å². The van der Waals surface area contributed by atoms with Crippen LogP contribution in [-0.4, -0.2) is 40.5 Å². The number of rotatable bonds is 13. The van der Waals surface area contributed by atoms with E-state index in [1.165, 1.54) is 0 Å². The van der Waals surface area contributed by atoms with E-state index in [1.54, 1.807) is 0 Å². The van der Waals surface area contributed by atoms with Crippen molar-refractivity contribution in [1.82, 2.24) is 0 Å². The molecule has 24 heavy (non-hydrogen) atoms. The smallest absolute Gasteiger partial charge is 0.462 e. The quantitative estimate of drug-likeness (QED) is 0.290. The first-order valence-corrected chi connectivity index (χ1v) is 9.06. The van der Waals surface area contributed by atoms with Crippen LogP contribution in [0.4, 0.5) is 0 Å². The summed E-state index contributed by atoms with van der Waals surface area (Å²) in [4.78, 5) is 40.7. The molecule has 0 saturated heterocycles. The van der Waals surface area contributed by atoms with Gasteiger partial charge in [-0.15, -0.1) is 0 Å². The molecule has 0 aromatic carbocycles. The van der Waals surface area contributed by atoms with Gasteiger partial charge in [-0.3, -0.25) is 4.52 Å². The van der Waals surface area contributed by atoms with E-state index in [1.807, 2.05) is 6.92 Å². The highest BCUT2D eigenvalue weighted by atomic mass is 31.2. The summed E-state index contributed by atoms with van der Waals surface area (Å²) in [5.74, 6) is -1.29. The molecule has 0 heterocycles. The van der Waals surface area contributed by atoms with Crippen molar-refractivity contribution in [3.05, 3.63) is 25.3 Å². The van der Waals surface area contributed by atoms with Gasteiger partial charge in [-0.05, 0) is 6.42 Å². The topological polar surface area (TPSA) is 119 Å². The van der Waals surface area contributed by atoms with Gasteiger partial charge in [-0.1, -0.05) is 32.9 Å². The van der Waals surface area contributed by atoms with E-state index in [0.717, 1.165) is 18.6 Å². The monoisotopic (exact) mass is 364 g/mol. The summed E-state index contributed by atoms with van der Waals surface area (Å²) in [6.07, 6.45) is 3.78. The predicted molar refractivity (Wildman–Crippen MR) is 86.9 cm³/mol. The van der Waals surface area contributed by atoms with Crippen molar-refractivity contribution in [2.45, 2.75) is 44.6 Å². The molecule has 0 rings (SSSR count). The van der Waals surface area contributed by atoms with Crippen LogP contribution in [0.3, 0.4) is 0 Å². The fraction of sp³-hybridized carbons (Fsp3) is 0.600. The Morgan fingerprint density at radius 2 is 1.50 bits per heavy atom. The number of ether oxygens (including phenoxy) is 2. The Kier molecular flexibility index (Phi) is 10.5. The van der Waals surface area contributed by atoms with Gasteiger partial charge < -0.3 is 19.3 Å². The minimum absolute atomic E-state index is 0.0450. The number of phosphoric ester groups is 1. The third-order valence-electron chi connectivity index (χ3n) is 3.24. The van der Waals surface area contributed by atoms with E-state index in [4.69, 9.17) is 14.0 Å². The Balaban J connectivity index is 5.07. The molecule has 0 unspecified atom stereocenters. The van der Waals surface area contributed by atoms with Crippen LogP contribution in [0.1, 0.15) is 39.0 Å². The average Bonchev–Trinajstić information content (AvgIpc) is 2.50. The van der Waals surface area contributed by atoms with Crippen LogP contribution in [0.2, 0.25) is 0 Å². The standard InChI is InChI=1S/C15H25O8P/c1-4-7-8-15(23-24(18,19)20,9-11-21-13(16)5-2)10-12-22-14(17)6-3/h5-6H,2-4,7-12H2,1H3,(H2,18,19,20). The zero-order valence-electron chi connectivity index (χ0n) is 13.8. The van der Waals surface area contributed by atoms with Crippen LogP contribution >= 0.6 is 7.82 Å². The molecule has 0 aliphatic rings. The SMILES string of the molecule is C=CC(=O)OCCC(CCCC)(CCOC(=O)C=C)OP(=O)(O)O. The maximum atomic E-state index is 11.3. The highest BCUT2D eigenvalue weighted by Crippen LogP contribution is 2.46. The van der Waals surface area contributed by atoms with E-state index in [2.05, 4.69) is 13.2 Å². The Morgan fingerprint density at radius 3 is 1.83 bits per heavy atom. The zero-order chi connectivity index (χ0) is 18.6. The van der Waals surface area contributed by atoms with Gasteiger partial charge in [0.2, 0.25) is 0 Å². The highest BCUT2D eigenvalue weighted by Gasteiger charge is 2.37. The van der Waals surface area contributed by atoms with Gasteiger partial charge in [0.05, 0.1) is 18.8 Å². The summed E-state index contributed by atoms with van der Waals surface area (Å²) in [5, 5.41) is 0. The third-order valence-corrected chi connectivity index (χ3v) is 3.86. The van der Waals surface area contributed by atoms with Crippen LogP contribution < -0.4 is 0 Å². The second-order valence-corrected chi connectivity index (χ2v) is 6.28. The van der Waals surface area contributed by atoms with E-state index >= 15 is 0 Å². The molecule has 0 radical (unpaired) electrons. The summed E-state index contributed by atoms with van der Waals surface area (Å²) in [6, 6.07) is 0. The minimum Gasteiger partial charge on any atom is -0.462 e. The largest absolute Gasteiger partial charge is 0.470 e. The van der Waals surface area contributed by atoms with Crippen LogP contribution in [-0.2, 0) is 28.2 Å². The zero-order valence-corrected chi connectivity index (χ0v) is 14.7. The van der Waals surface area contributed by atoms with E-state index in [9.17, 15) is 23.9 Å². The summed E-state index contributed by atoms with van der Waals surface area (Å²) < 4.78 is 26.1. The van der Waals surface area contributed by atoms with Gasteiger partial charge >= 0.3 is 19.8 Å². The lowest BCUT2D eigenvalue weighted by molar-refractivity contribution is -0.140. The minimum atomic E-state index is -4.79. The Hall–Kier alpha value is -1.47. The van der Waals surface area contributed by atoms with Crippen LogP contribution in [0.5, 0.6) is 0 Å². The van der Waals surface area contributed by atoms with Gasteiger partial charge in [0.15, 0.2) is 0 Å².